The van der Waals surface area contributed by atoms with Gasteiger partial charge in [-0.2, -0.15) is 0 Å². The van der Waals surface area contributed by atoms with E-state index in [0.717, 1.165) is 18.4 Å². The van der Waals surface area contributed by atoms with E-state index in [0.29, 0.717) is 11.8 Å². The van der Waals surface area contributed by atoms with Crippen molar-refractivity contribution in [2.45, 2.75) is 77.3 Å². The van der Waals surface area contributed by atoms with Crippen LogP contribution in [0.2, 0.25) is 0 Å². The highest BCUT2D eigenvalue weighted by molar-refractivity contribution is 5.76. The van der Waals surface area contributed by atoms with Gasteiger partial charge in [0.25, 0.3) is 0 Å². The van der Waals surface area contributed by atoms with Crippen molar-refractivity contribution in [3.05, 3.63) is 0 Å². The molecule has 2 heteroatoms. The van der Waals surface area contributed by atoms with Gasteiger partial charge in [0, 0.05) is 18.5 Å². The average molecular weight is 237 g/mol. The van der Waals surface area contributed by atoms with Crippen LogP contribution >= 0.6 is 0 Å². The lowest BCUT2D eigenvalue weighted by Crippen LogP contribution is -2.42. The summed E-state index contributed by atoms with van der Waals surface area (Å²) >= 11 is 0. The SMILES string of the molecule is CCC1CCCC(N2CCCC2CC(C)=O)C1. The third-order valence-electron chi connectivity index (χ3n) is 4.75. The van der Waals surface area contributed by atoms with Crippen LogP contribution < -0.4 is 0 Å². The molecule has 0 radical (unpaired) electrons. The van der Waals surface area contributed by atoms with E-state index in [-0.39, 0.29) is 0 Å². The minimum absolute atomic E-state index is 0.366. The minimum Gasteiger partial charge on any atom is -0.300 e. The van der Waals surface area contributed by atoms with Crippen molar-refractivity contribution in [2.75, 3.05) is 6.54 Å². The summed E-state index contributed by atoms with van der Waals surface area (Å²) in [5.41, 5.74) is 0. The number of Topliss-reactive ketones (excluding diaryl/α,β-unsaturated/α-hetero) is 1. The predicted octanol–water partition coefficient (Wildman–Crippen LogP) is 3.40. The van der Waals surface area contributed by atoms with Crippen LogP contribution in [0.3, 0.4) is 0 Å². The van der Waals surface area contributed by atoms with Gasteiger partial charge in [0.05, 0.1) is 0 Å². The van der Waals surface area contributed by atoms with Crippen molar-refractivity contribution >= 4 is 5.78 Å². The van der Waals surface area contributed by atoms with Gasteiger partial charge in [0.15, 0.2) is 0 Å². The molecule has 2 rings (SSSR count). The van der Waals surface area contributed by atoms with E-state index < -0.39 is 0 Å². The molecule has 1 heterocycles. The van der Waals surface area contributed by atoms with Gasteiger partial charge in [0.1, 0.15) is 5.78 Å². The van der Waals surface area contributed by atoms with Gasteiger partial charge in [-0.1, -0.05) is 26.2 Å². The Balaban J connectivity index is 1.93. The number of hydrogen-bond donors (Lipinski definition) is 0. The fourth-order valence-electron chi connectivity index (χ4n) is 3.82. The Morgan fingerprint density at radius 1 is 1.24 bits per heavy atom. The summed E-state index contributed by atoms with van der Waals surface area (Å²) in [5.74, 6) is 1.30. The van der Waals surface area contributed by atoms with Crippen LogP contribution in [-0.2, 0) is 4.79 Å². The number of carbonyl (C=O) groups is 1. The van der Waals surface area contributed by atoms with Crippen LogP contribution in [0, 0.1) is 5.92 Å². The summed E-state index contributed by atoms with van der Waals surface area (Å²) in [6.07, 6.45) is 10.2. The molecule has 17 heavy (non-hydrogen) atoms. The summed E-state index contributed by atoms with van der Waals surface area (Å²) in [6, 6.07) is 1.34. The molecular formula is C15H27NO. The number of rotatable bonds is 4. The first-order valence-electron chi connectivity index (χ1n) is 7.46. The van der Waals surface area contributed by atoms with Gasteiger partial charge in [0.2, 0.25) is 0 Å². The highest BCUT2D eigenvalue weighted by atomic mass is 16.1. The number of ketones is 1. The van der Waals surface area contributed by atoms with Gasteiger partial charge in [-0.05, 0) is 45.1 Å². The Bertz CT molecular complexity index is 264. The summed E-state index contributed by atoms with van der Waals surface area (Å²) in [6.45, 7) is 5.30. The first-order chi connectivity index (χ1) is 8.20. The van der Waals surface area contributed by atoms with Crippen LogP contribution in [0.4, 0.5) is 0 Å². The van der Waals surface area contributed by atoms with E-state index in [1.165, 1.54) is 51.5 Å². The molecule has 0 aromatic heterocycles. The molecule has 2 nitrogen and oxygen atoms in total. The minimum atomic E-state index is 0.366. The summed E-state index contributed by atoms with van der Waals surface area (Å²) < 4.78 is 0. The molecule has 0 amide bonds. The maximum absolute atomic E-state index is 11.3. The zero-order valence-electron chi connectivity index (χ0n) is 11.5. The van der Waals surface area contributed by atoms with Crippen molar-refractivity contribution in [2.24, 2.45) is 5.92 Å². The van der Waals surface area contributed by atoms with Crippen molar-refractivity contribution in [3.63, 3.8) is 0 Å². The van der Waals surface area contributed by atoms with Crippen LogP contribution in [0.15, 0.2) is 0 Å². The molecule has 0 bridgehead atoms. The number of likely N-dealkylation sites (tertiary alicyclic amines) is 1. The van der Waals surface area contributed by atoms with Crippen LogP contribution in [0.1, 0.15) is 65.2 Å². The summed E-state index contributed by atoms with van der Waals surface area (Å²) in [7, 11) is 0. The molecule has 0 spiro atoms. The first kappa shape index (κ1) is 13.1. The first-order valence-corrected chi connectivity index (χ1v) is 7.46. The quantitative estimate of drug-likeness (QED) is 0.747. The molecule has 1 saturated carbocycles. The highest BCUT2D eigenvalue weighted by Crippen LogP contribution is 2.34. The van der Waals surface area contributed by atoms with Crippen LogP contribution in [0.5, 0.6) is 0 Å². The predicted molar refractivity (Wildman–Crippen MR) is 71.1 cm³/mol. The molecule has 2 fully saturated rings. The zero-order chi connectivity index (χ0) is 12.3. The highest BCUT2D eigenvalue weighted by Gasteiger charge is 2.33. The van der Waals surface area contributed by atoms with E-state index >= 15 is 0 Å². The molecule has 2 aliphatic rings. The van der Waals surface area contributed by atoms with Gasteiger partial charge < -0.3 is 0 Å². The number of nitrogens with zero attached hydrogens (tertiary/aromatic N) is 1. The second-order valence-corrected chi connectivity index (χ2v) is 6.03. The Kier molecular flexibility index (Phi) is 4.61. The maximum atomic E-state index is 11.3. The maximum Gasteiger partial charge on any atom is 0.131 e. The molecular weight excluding hydrogens is 210 g/mol. The third kappa shape index (κ3) is 3.31. The Labute approximate surface area is 106 Å². The summed E-state index contributed by atoms with van der Waals surface area (Å²) in [5, 5.41) is 0. The molecule has 1 aliphatic carbocycles. The molecule has 3 unspecified atom stereocenters. The fraction of sp³-hybridized carbons (Fsp3) is 0.933. The lowest BCUT2D eigenvalue weighted by molar-refractivity contribution is -0.118. The van der Waals surface area contributed by atoms with Gasteiger partial charge in [-0.3, -0.25) is 9.69 Å². The van der Waals surface area contributed by atoms with Crippen molar-refractivity contribution in [1.82, 2.24) is 4.90 Å². The van der Waals surface area contributed by atoms with E-state index in [2.05, 4.69) is 11.8 Å². The zero-order valence-corrected chi connectivity index (χ0v) is 11.5. The Morgan fingerprint density at radius 2 is 2.06 bits per heavy atom. The second kappa shape index (κ2) is 5.99. The van der Waals surface area contributed by atoms with E-state index in [4.69, 9.17) is 0 Å². The lowest BCUT2D eigenvalue weighted by Gasteiger charge is -2.38. The molecule has 0 N–H and O–H groups in total. The number of hydrogen-bond acceptors (Lipinski definition) is 2. The molecule has 3 atom stereocenters. The van der Waals surface area contributed by atoms with E-state index in [1.807, 2.05) is 0 Å². The van der Waals surface area contributed by atoms with E-state index in [9.17, 15) is 4.79 Å². The Hall–Kier alpha value is -0.370. The average Bonchev–Trinajstić information content (AvgIpc) is 2.76. The van der Waals surface area contributed by atoms with E-state index in [1.54, 1.807) is 6.92 Å². The largest absolute Gasteiger partial charge is 0.300 e. The van der Waals surface area contributed by atoms with Gasteiger partial charge >= 0.3 is 0 Å². The third-order valence-corrected chi connectivity index (χ3v) is 4.75. The van der Waals surface area contributed by atoms with Crippen LogP contribution in [0.25, 0.3) is 0 Å². The second-order valence-electron chi connectivity index (χ2n) is 6.03. The summed E-state index contributed by atoms with van der Waals surface area (Å²) in [4.78, 5) is 14.0. The van der Waals surface area contributed by atoms with Crippen molar-refractivity contribution in [1.29, 1.82) is 0 Å². The van der Waals surface area contributed by atoms with Gasteiger partial charge in [-0.25, -0.2) is 0 Å². The van der Waals surface area contributed by atoms with Crippen molar-refractivity contribution in [3.8, 4) is 0 Å². The molecule has 0 aromatic rings. The lowest BCUT2D eigenvalue weighted by atomic mass is 9.83. The molecule has 1 aliphatic heterocycles. The Morgan fingerprint density at radius 3 is 2.76 bits per heavy atom. The normalized spacial score (nSPS) is 35.1. The smallest absolute Gasteiger partial charge is 0.131 e. The monoisotopic (exact) mass is 237 g/mol. The fourth-order valence-corrected chi connectivity index (χ4v) is 3.82. The molecule has 1 saturated heterocycles. The standard InChI is InChI=1S/C15H27NO/c1-3-13-6-4-7-15(11-13)16-9-5-8-14(16)10-12(2)17/h13-15H,3-11H2,1-2H3. The van der Waals surface area contributed by atoms with Crippen LogP contribution in [-0.4, -0.2) is 29.3 Å². The molecule has 98 valence electrons. The molecule has 0 aromatic carbocycles. The number of carbonyl (C=O) groups excluding carboxylic acids is 1. The van der Waals surface area contributed by atoms with Gasteiger partial charge in [-0.15, -0.1) is 0 Å². The van der Waals surface area contributed by atoms with Crippen molar-refractivity contribution < 1.29 is 4.79 Å². The topological polar surface area (TPSA) is 20.3 Å².